The van der Waals surface area contributed by atoms with Gasteiger partial charge in [0.1, 0.15) is 0 Å². The summed E-state index contributed by atoms with van der Waals surface area (Å²) in [7, 11) is -3.10. The van der Waals surface area contributed by atoms with Gasteiger partial charge in [0.05, 0.1) is 12.8 Å². The quantitative estimate of drug-likeness (QED) is 0.192. The normalized spacial score (nSPS) is 11.8. The fourth-order valence-electron chi connectivity index (χ4n) is 0.838. The average Bonchev–Trinajstić information content (AvgIpc) is 2.12. The Morgan fingerprint density at radius 1 is 1.41 bits per heavy atom. The molecule has 0 aliphatic carbocycles. The van der Waals surface area contributed by atoms with Crippen LogP contribution in [0, 0.1) is 0 Å². The molecule has 0 saturated carbocycles. The molecule has 0 saturated heterocycles. The minimum absolute atomic E-state index is 0. The highest BCUT2D eigenvalue weighted by Crippen LogP contribution is 1.85. The van der Waals surface area contributed by atoms with Crippen molar-refractivity contribution in [2.75, 3.05) is 25.9 Å². The number of guanidine groups is 1. The van der Waals surface area contributed by atoms with Gasteiger partial charge in [-0.05, 0) is 13.3 Å². The first-order valence-electron chi connectivity index (χ1n) is 4.94. The molecule has 0 atom stereocenters. The molecule has 0 aliphatic heterocycles. The number of halogens is 1. The van der Waals surface area contributed by atoms with Crippen molar-refractivity contribution in [3.63, 3.8) is 0 Å². The summed E-state index contributed by atoms with van der Waals surface area (Å²) in [6.07, 6.45) is 1.78. The Balaban J connectivity index is 0. The molecule has 0 amide bonds. The van der Waals surface area contributed by atoms with Crippen LogP contribution < -0.4 is 15.8 Å². The molecule has 0 unspecified atom stereocenters. The molecule has 8 heteroatoms. The van der Waals surface area contributed by atoms with E-state index in [0.717, 1.165) is 11.8 Å². The Morgan fingerprint density at radius 2 is 2.00 bits per heavy atom. The molecule has 0 radical (unpaired) electrons. The standard InChI is InChI=1S/C9H20N4O2S.HI/c1-8(2)7-12-9(10)11-5-4-6-13-16(3,14)15;/h13H,1,4-7H2,2-3H3,(H3,10,11,12);1H. The van der Waals surface area contributed by atoms with Crippen molar-refractivity contribution < 1.29 is 8.42 Å². The van der Waals surface area contributed by atoms with Crippen molar-refractivity contribution in [2.45, 2.75) is 13.3 Å². The predicted octanol–water partition coefficient (Wildman–Crippen LogP) is 0.0241. The molecule has 0 aromatic heterocycles. The van der Waals surface area contributed by atoms with Gasteiger partial charge >= 0.3 is 0 Å². The monoisotopic (exact) mass is 376 g/mol. The summed E-state index contributed by atoms with van der Waals surface area (Å²) in [4.78, 5) is 4.02. The predicted molar refractivity (Wildman–Crippen MR) is 82.2 cm³/mol. The zero-order chi connectivity index (χ0) is 12.6. The second kappa shape index (κ2) is 9.66. The van der Waals surface area contributed by atoms with Crippen LogP contribution in [0.3, 0.4) is 0 Å². The first-order valence-corrected chi connectivity index (χ1v) is 6.83. The van der Waals surface area contributed by atoms with Crippen molar-refractivity contribution in [3.05, 3.63) is 12.2 Å². The molecule has 0 bridgehead atoms. The third kappa shape index (κ3) is 15.6. The van der Waals surface area contributed by atoms with Crippen LogP contribution in [0.2, 0.25) is 0 Å². The molecule has 0 aliphatic rings. The van der Waals surface area contributed by atoms with Gasteiger partial charge in [0, 0.05) is 13.1 Å². The summed E-state index contributed by atoms with van der Waals surface area (Å²) in [5, 5.41) is 2.88. The maximum absolute atomic E-state index is 10.7. The Bertz CT molecular complexity index is 354. The maximum Gasteiger partial charge on any atom is 0.208 e. The zero-order valence-electron chi connectivity index (χ0n) is 10.2. The van der Waals surface area contributed by atoms with Crippen LogP contribution in [-0.4, -0.2) is 40.3 Å². The minimum atomic E-state index is -3.10. The zero-order valence-corrected chi connectivity index (χ0v) is 13.3. The Morgan fingerprint density at radius 3 is 2.47 bits per heavy atom. The highest BCUT2D eigenvalue weighted by molar-refractivity contribution is 14.0. The van der Waals surface area contributed by atoms with Gasteiger partial charge in [-0.2, -0.15) is 0 Å². The van der Waals surface area contributed by atoms with Crippen LogP contribution in [0.1, 0.15) is 13.3 Å². The smallest absolute Gasteiger partial charge is 0.208 e. The van der Waals surface area contributed by atoms with Gasteiger partial charge in [-0.25, -0.2) is 18.1 Å². The summed E-state index contributed by atoms with van der Waals surface area (Å²) in [6, 6.07) is 0. The number of aliphatic imine (C=N–C) groups is 1. The first-order chi connectivity index (χ1) is 7.31. The first kappa shape index (κ1) is 19.0. The molecule has 102 valence electrons. The molecule has 0 aromatic rings. The SMILES string of the molecule is C=C(C)CN=C(N)NCCCNS(C)(=O)=O.I. The molecule has 4 N–H and O–H groups in total. The minimum Gasteiger partial charge on any atom is -0.370 e. The van der Waals surface area contributed by atoms with E-state index in [2.05, 4.69) is 21.6 Å². The summed E-state index contributed by atoms with van der Waals surface area (Å²) < 4.78 is 23.8. The highest BCUT2D eigenvalue weighted by Gasteiger charge is 1.98. The van der Waals surface area contributed by atoms with E-state index in [1.807, 2.05) is 6.92 Å². The second-order valence-corrected chi connectivity index (χ2v) is 5.44. The molecule has 0 heterocycles. The number of sulfonamides is 1. The van der Waals surface area contributed by atoms with Crippen molar-refractivity contribution in [1.82, 2.24) is 10.0 Å². The van der Waals surface area contributed by atoms with Crippen LogP contribution in [-0.2, 0) is 10.0 Å². The van der Waals surface area contributed by atoms with Crippen LogP contribution in [0.5, 0.6) is 0 Å². The van der Waals surface area contributed by atoms with Gasteiger partial charge in [-0.1, -0.05) is 12.2 Å². The Hall–Kier alpha value is -0.350. The largest absolute Gasteiger partial charge is 0.370 e. The molecule has 0 fully saturated rings. The highest BCUT2D eigenvalue weighted by atomic mass is 127. The lowest BCUT2D eigenvalue weighted by atomic mass is 10.4. The molecule has 0 rings (SSSR count). The number of nitrogens with zero attached hydrogens (tertiary/aromatic N) is 1. The van der Waals surface area contributed by atoms with Crippen molar-refractivity contribution >= 4 is 40.0 Å². The lowest BCUT2D eigenvalue weighted by molar-refractivity contribution is 0.584. The number of nitrogens with two attached hydrogens (primary N) is 1. The van der Waals surface area contributed by atoms with Gasteiger partial charge < -0.3 is 11.1 Å². The van der Waals surface area contributed by atoms with Gasteiger partial charge in [0.15, 0.2) is 5.96 Å². The summed E-state index contributed by atoms with van der Waals surface area (Å²) in [6.45, 7) is 7.03. The van der Waals surface area contributed by atoms with Gasteiger partial charge in [-0.15, -0.1) is 24.0 Å². The van der Waals surface area contributed by atoms with E-state index in [1.165, 1.54) is 0 Å². The van der Waals surface area contributed by atoms with E-state index in [1.54, 1.807) is 0 Å². The van der Waals surface area contributed by atoms with E-state index in [4.69, 9.17) is 5.73 Å². The van der Waals surface area contributed by atoms with E-state index >= 15 is 0 Å². The lowest BCUT2D eigenvalue weighted by Gasteiger charge is -2.05. The maximum atomic E-state index is 10.7. The molecule has 6 nitrogen and oxygen atoms in total. The summed E-state index contributed by atoms with van der Waals surface area (Å²) in [5.41, 5.74) is 6.48. The lowest BCUT2D eigenvalue weighted by Crippen LogP contribution is -2.34. The van der Waals surface area contributed by atoms with Gasteiger partial charge in [0.25, 0.3) is 0 Å². The summed E-state index contributed by atoms with van der Waals surface area (Å²) in [5.74, 6) is 0.349. The molecule has 17 heavy (non-hydrogen) atoms. The number of rotatable bonds is 7. The van der Waals surface area contributed by atoms with E-state index < -0.39 is 10.0 Å². The van der Waals surface area contributed by atoms with E-state index in [-0.39, 0.29) is 24.0 Å². The fraction of sp³-hybridized carbons (Fsp3) is 0.667. The van der Waals surface area contributed by atoms with Crippen molar-refractivity contribution in [3.8, 4) is 0 Å². The number of hydrogen-bond donors (Lipinski definition) is 3. The van der Waals surface area contributed by atoms with E-state index in [0.29, 0.717) is 32.0 Å². The molecule has 0 spiro atoms. The topological polar surface area (TPSA) is 96.6 Å². The van der Waals surface area contributed by atoms with Gasteiger partial charge in [-0.3, -0.25) is 0 Å². The number of hydrogen-bond acceptors (Lipinski definition) is 3. The molecular weight excluding hydrogens is 355 g/mol. The van der Waals surface area contributed by atoms with Crippen LogP contribution >= 0.6 is 24.0 Å². The number of nitrogens with one attached hydrogen (secondary N) is 2. The fourth-order valence-corrected chi connectivity index (χ4v) is 1.35. The molecular formula is C9H21IN4O2S. The van der Waals surface area contributed by atoms with Crippen molar-refractivity contribution in [1.29, 1.82) is 0 Å². The Kier molecular flexibility index (Phi) is 10.8. The molecule has 0 aromatic carbocycles. The van der Waals surface area contributed by atoms with Gasteiger partial charge in [0.2, 0.25) is 10.0 Å². The summed E-state index contributed by atoms with van der Waals surface area (Å²) >= 11 is 0. The van der Waals surface area contributed by atoms with Crippen LogP contribution in [0.4, 0.5) is 0 Å². The van der Waals surface area contributed by atoms with Crippen LogP contribution in [0.15, 0.2) is 17.1 Å². The third-order valence-corrected chi connectivity index (χ3v) is 2.27. The second-order valence-electron chi connectivity index (χ2n) is 3.61. The van der Waals surface area contributed by atoms with E-state index in [9.17, 15) is 8.42 Å². The van der Waals surface area contributed by atoms with Crippen molar-refractivity contribution in [2.24, 2.45) is 10.7 Å². The Labute approximate surface area is 120 Å². The average molecular weight is 376 g/mol. The van der Waals surface area contributed by atoms with Crippen LogP contribution in [0.25, 0.3) is 0 Å². The third-order valence-electron chi connectivity index (χ3n) is 1.54.